The predicted octanol–water partition coefficient (Wildman–Crippen LogP) is 4.37. The molecule has 5 nitrogen and oxygen atoms in total. The maximum atomic E-state index is 12.6. The summed E-state index contributed by atoms with van der Waals surface area (Å²) in [6.07, 6.45) is 0. The molecule has 0 atom stereocenters. The van der Waals surface area contributed by atoms with Crippen LogP contribution in [0.4, 0.5) is 0 Å². The van der Waals surface area contributed by atoms with Gasteiger partial charge in [0.05, 0.1) is 4.90 Å². The van der Waals surface area contributed by atoms with Crippen molar-refractivity contribution in [3.8, 4) is 0 Å². The Morgan fingerprint density at radius 1 is 0.964 bits per heavy atom. The van der Waals surface area contributed by atoms with Crippen molar-refractivity contribution in [2.75, 3.05) is 0 Å². The number of aromatic nitrogens is 1. The van der Waals surface area contributed by atoms with Crippen LogP contribution >= 0.6 is 15.9 Å². The molecule has 3 aromatic carbocycles. The normalized spacial score (nSPS) is 11.8. The minimum absolute atomic E-state index is 0.0603. The average molecular weight is 457 g/mol. The molecule has 0 aliphatic carbocycles. The minimum atomic E-state index is -3.90. The van der Waals surface area contributed by atoms with Gasteiger partial charge in [-0.2, -0.15) is 0 Å². The molecule has 0 fully saturated rings. The van der Waals surface area contributed by atoms with Gasteiger partial charge >= 0.3 is 0 Å². The third-order valence-electron chi connectivity index (χ3n) is 4.59. The number of amides is 1. The van der Waals surface area contributed by atoms with Crippen LogP contribution in [-0.2, 0) is 21.4 Å². The summed E-state index contributed by atoms with van der Waals surface area (Å²) in [5, 5.41) is 2.03. The van der Waals surface area contributed by atoms with E-state index in [2.05, 4.69) is 26.7 Å². The molecule has 0 radical (unpaired) electrons. The van der Waals surface area contributed by atoms with Gasteiger partial charge in [-0.15, -0.1) is 0 Å². The minimum Gasteiger partial charge on any atom is -0.331 e. The molecule has 1 aromatic heterocycles. The first-order chi connectivity index (χ1) is 13.3. The molecule has 0 saturated carbocycles. The molecule has 0 unspecified atom stereocenters. The topological polar surface area (TPSA) is 68.2 Å². The van der Waals surface area contributed by atoms with E-state index in [1.807, 2.05) is 41.8 Å². The molecule has 0 saturated heterocycles. The van der Waals surface area contributed by atoms with Crippen LogP contribution in [0.3, 0.4) is 0 Å². The Hall–Kier alpha value is -2.64. The summed E-state index contributed by atoms with van der Waals surface area (Å²) < 4.78 is 29.8. The Balaban J connectivity index is 1.74. The quantitative estimate of drug-likeness (QED) is 0.495. The van der Waals surface area contributed by atoms with Gasteiger partial charge in [-0.05, 0) is 49.4 Å². The standard InChI is InChI=1S/C21H17BrN2O3S/c1-14-7-9-19-17(11-14)18-12-15(22)8-10-20(18)24(19)13-21(25)23-28(26,27)16-5-3-2-4-6-16/h2-12H,13H2,1H3,(H,23,25). The van der Waals surface area contributed by atoms with E-state index in [-0.39, 0.29) is 11.4 Å². The van der Waals surface area contributed by atoms with Crippen LogP contribution in [0.25, 0.3) is 21.8 Å². The Morgan fingerprint density at radius 3 is 2.32 bits per heavy atom. The predicted molar refractivity (Wildman–Crippen MR) is 114 cm³/mol. The highest BCUT2D eigenvalue weighted by molar-refractivity contribution is 9.10. The van der Waals surface area contributed by atoms with Gasteiger partial charge in [-0.1, -0.05) is 45.8 Å². The molecular formula is C21H17BrN2O3S. The fourth-order valence-corrected chi connectivity index (χ4v) is 4.70. The zero-order chi connectivity index (χ0) is 19.9. The van der Waals surface area contributed by atoms with Crippen LogP contribution in [0.2, 0.25) is 0 Å². The van der Waals surface area contributed by atoms with Crippen molar-refractivity contribution in [3.63, 3.8) is 0 Å². The number of rotatable bonds is 4. The Labute approximate surface area is 171 Å². The smallest absolute Gasteiger partial charge is 0.264 e. The van der Waals surface area contributed by atoms with Gasteiger partial charge in [0, 0.05) is 26.3 Å². The molecular weight excluding hydrogens is 440 g/mol. The number of nitrogens with one attached hydrogen (secondary N) is 1. The van der Waals surface area contributed by atoms with E-state index in [1.54, 1.807) is 18.2 Å². The number of hydrogen-bond acceptors (Lipinski definition) is 3. The Bertz CT molecular complexity index is 1250. The first-order valence-corrected chi connectivity index (χ1v) is 10.9. The maximum absolute atomic E-state index is 12.6. The van der Waals surface area contributed by atoms with Crippen molar-refractivity contribution >= 4 is 53.7 Å². The first-order valence-electron chi connectivity index (χ1n) is 8.64. The summed E-state index contributed by atoms with van der Waals surface area (Å²) in [5.41, 5.74) is 2.87. The molecule has 0 aliphatic heterocycles. The third kappa shape index (κ3) is 3.43. The van der Waals surface area contributed by atoms with Crippen LogP contribution in [0.15, 0.2) is 76.1 Å². The molecule has 28 heavy (non-hydrogen) atoms. The zero-order valence-corrected chi connectivity index (χ0v) is 17.4. The molecule has 4 rings (SSSR count). The number of halogens is 1. The number of nitrogens with zero attached hydrogens (tertiary/aromatic N) is 1. The van der Waals surface area contributed by atoms with Crippen molar-refractivity contribution in [2.24, 2.45) is 0 Å². The van der Waals surface area contributed by atoms with Crippen LogP contribution in [-0.4, -0.2) is 18.9 Å². The molecule has 142 valence electrons. The van der Waals surface area contributed by atoms with E-state index in [1.165, 1.54) is 12.1 Å². The summed E-state index contributed by atoms with van der Waals surface area (Å²) in [6, 6.07) is 19.7. The lowest BCUT2D eigenvalue weighted by Crippen LogP contribution is -2.33. The van der Waals surface area contributed by atoms with E-state index in [9.17, 15) is 13.2 Å². The highest BCUT2D eigenvalue weighted by Gasteiger charge is 2.19. The fourth-order valence-electron chi connectivity index (χ4n) is 3.34. The van der Waals surface area contributed by atoms with Gasteiger partial charge in [0.15, 0.2) is 0 Å². The summed E-state index contributed by atoms with van der Waals surface area (Å²) in [5.74, 6) is -0.592. The number of sulfonamides is 1. The summed E-state index contributed by atoms with van der Waals surface area (Å²) in [7, 11) is -3.90. The summed E-state index contributed by atoms with van der Waals surface area (Å²) in [4.78, 5) is 12.7. The van der Waals surface area contributed by atoms with Gasteiger partial charge < -0.3 is 4.57 Å². The lowest BCUT2D eigenvalue weighted by Gasteiger charge is -2.10. The van der Waals surface area contributed by atoms with Gasteiger partial charge in [0.2, 0.25) is 0 Å². The molecule has 0 spiro atoms. The molecule has 0 aliphatic rings. The molecule has 1 heterocycles. The SMILES string of the molecule is Cc1ccc2c(c1)c1cc(Br)ccc1n2CC(=O)NS(=O)(=O)c1ccccc1. The number of aryl methyl sites for hydroxylation is 1. The number of benzene rings is 3. The van der Waals surface area contributed by atoms with E-state index in [0.717, 1.165) is 31.8 Å². The van der Waals surface area contributed by atoms with Gasteiger partial charge in [0.1, 0.15) is 6.54 Å². The maximum Gasteiger partial charge on any atom is 0.264 e. The number of fused-ring (bicyclic) bond motifs is 3. The third-order valence-corrected chi connectivity index (χ3v) is 6.47. The van der Waals surface area contributed by atoms with Crippen molar-refractivity contribution in [3.05, 3.63) is 76.8 Å². The van der Waals surface area contributed by atoms with Gasteiger partial charge in [-0.3, -0.25) is 4.79 Å². The highest BCUT2D eigenvalue weighted by atomic mass is 79.9. The molecule has 4 aromatic rings. The van der Waals surface area contributed by atoms with E-state index < -0.39 is 15.9 Å². The second kappa shape index (κ2) is 7.07. The van der Waals surface area contributed by atoms with Crippen molar-refractivity contribution < 1.29 is 13.2 Å². The second-order valence-corrected chi connectivity index (χ2v) is 9.21. The van der Waals surface area contributed by atoms with E-state index >= 15 is 0 Å². The van der Waals surface area contributed by atoms with E-state index in [0.29, 0.717) is 0 Å². The Kier molecular flexibility index (Phi) is 4.72. The van der Waals surface area contributed by atoms with Gasteiger partial charge in [-0.25, -0.2) is 13.1 Å². The average Bonchev–Trinajstić information content (AvgIpc) is 2.94. The molecule has 0 bridgehead atoms. The van der Waals surface area contributed by atoms with Gasteiger partial charge in [0.25, 0.3) is 15.9 Å². The van der Waals surface area contributed by atoms with Crippen molar-refractivity contribution in [1.29, 1.82) is 0 Å². The summed E-state index contributed by atoms with van der Waals surface area (Å²) >= 11 is 3.49. The first kappa shape index (κ1) is 18.7. The lowest BCUT2D eigenvalue weighted by atomic mass is 10.1. The molecule has 1 amide bonds. The fraction of sp³-hybridized carbons (Fsp3) is 0.0952. The summed E-state index contributed by atoms with van der Waals surface area (Å²) in [6.45, 7) is 1.91. The largest absolute Gasteiger partial charge is 0.331 e. The molecule has 1 N–H and O–H groups in total. The highest BCUT2D eigenvalue weighted by Crippen LogP contribution is 2.31. The second-order valence-electron chi connectivity index (χ2n) is 6.61. The molecule has 7 heteroatoms. The van der Waals surface area contributed by atoms with Crippen molar-refractivity contribution in [1.82, 2.24) is 9.29 Å². The lowest BCUT2D eigenvalue weighted by molar-refractivity contribution is -0.119. The van der Waals surface area contributed by atoms with Crippen LogP contribution in [0.1, 0.15) is 5.56 Å². The van der Waals surface area contributed by atoms with Crippen molar-refractivity contribution in [2.45, 2.75) is 18.4 Å². The monoisotopic (exact) mass is 456 g/mol. The zero-order valence-electron chi connectivity index (χ0n) is 15.0. The Morgan fingerprint density at radius 2 is 1.61 bits per heavy atom. The van der Waals surface area contributed by atoms with Crippen LogP contribution in [0.5, 0.6) is 0 Å². The number of hydrogen-bond donors (Lipinski definition) is 1. The van der Waals surface area contributed by atoms with Crippen LogP contribution < -0.4 is 4.72 Å². The van der Waals surface area contributed by atoms with Crippen LogP contribution in [0, 0.1) is 6.92 Å². The van der Waals surface area contributed by atoms with E-state index in [4.69, 9.17) is 0 Å². The number of carbonyl (C=O) groups is 1. The number of carbonyl (C=O) groups excluding carboxylic acids is 1.